The standard InChI is InChI=1S/C33H37ClN4O4.ClH/c1-38(2)12-5-13-42-29-19-22(7-9-26(29)34)30-25(27-6-3-4-11-35-27)8-10-28(36-30)31(39)37-33(32(40)41)23-15-20-14-21(17-23)18-24(33)16-20;/h3-4,6-11,19-21,23-24H,5,12-18H2,1-2H3,(H,37,39)(H,40,41);1H. The van der Waals surface area contributed by atoms with Crippen LogP contribution in [0.3, 0.4) is 0 Å². The molecule has 0 radical (unpaired) electrons. The van der Waals surface area contributed by atoms with Gasteiger partial charge in [-0.05, 0) is 113 Å². The molecular weight excluding hydrogens is 587 g/mol. The second-order valence-corrected chi connectivity index (χ2v) is 12.8. The van der Waals surface area contributed by atoms with Gasteiger partial charge in [0, 0.05) is 23.9 Å². The quantitative estimate of drug-likeness (QED) is 0.258. The Bertz CT molecular complexity index is 1450. The van der Waals surface area contributed by atoms with Crippen LogP contribution in [-0.2, 0) is 4.79 Å². The number of hydrogen-bond donors (Lipinski definition) is 2. The van der Waals surface area contributed by atoms with Crippen LogP contribution in [0.4, 0.5) is 0 Å². The van der Waals surface area contributed by atoms with Crippen molar-refractivity contribution >= 4 is 35.9 Å². The summed E-state index contributed by atoms with van der Waals surface area (Å²) in [5.74, 6) is 0.190. The summed E-state index contributed by atoms with van der Waals surface area (Å²) < 4.78 is 6.02. The lowest BCUT2D eigenvalue weighted by molar-refractivity contribution is -0.163. The number of carbonyl (C=O) groups is 2. The van der Waals surface area contributed by atoms with Crippen molar-refractivity contribution in [2.75, 3.05) is 27.2 Å². The molecule has 8 nitrogen and oxygen atoms in total. The number of hydrogen-bond acceptors (Lipinski definition) is 6. The average Bonchev–Trinajstić information content (AvgIpc) is 2.97. The number of amides is 1. The predicted molar refractivity (Wildman–Crippen MR) is 169 cm³/mol. The molecule has 4 aliphatic carbocycles. The van der Waals surface area contributed by atoms with Crippen LogP contribution in [0.25, 0.3) is 22.5 Å². The first-order chi connectivity index (χ1) is 20.2. The molecule has 1 aromatic carbocycles. The predicted octanol–water partition coefficient (Wildman–Crippen LogP) is 6.23. The number of nitrogens with one attached hydrogen (secondary N) is 1. The first-order valence-corrected chi connectivity index (χ1v) is 15.2. The van der Waals surface area contributed by atoms with Crippen LogP contribution < -0.4 is 10.1 Å². The molecule has 7 rings (SSSR count). The van der Waals surface area contributed by atoms with E-state index in [0.29, 0.717) is 40.6 Å². The summed E-state index contributed by atoms with van der Waals surface area (Å²) in [6.07, 6.45) is 7.19. The zero-order valence-electron chi connectivity index (χ0n) is 24.5. The van der Waals surface area contributed by atoms with E-state index in [1.807, 2.05) is 50.5 Å². The highest BCUT2D eigenvalue weighted by molar-refractivity contribution is 6.32. The number of carboxylic acids is 1. The van der Waals surface area contributed by atoms with Crippen molar-refractivity contribution in [1.82, 2.24) is 20.2 Å². The van der Waals surface area contributed by atoms with Crippen molar-refractivity contribution in [3.8, 4) is 28.3 Å². The number of aliphatic carboxylic acids is 1. The van der Waals surface area contributed by atoms with E-state index < -0.39 is 17.4 Å². The number of carbonyl (C=O) groups excluding carboxylic acids is 1. The number of pyridine rings is 2. The summed E-state index contributed by atoms with van der Waals surface area (Å²) in [7, 11) is 4.03. The summed E-state index contributed by atoms with van der Waals surface area (Å²) in [5.41, 5.74) is 1.64. The van der Waals surface area contributed by atoms with E-state index in [4.69, 9.17) is 21.3 Å². The number of carboxylic acid groups (broad SMARTS) is 1. The maximum Gasteiger partial charge on any atom is 0.330 e. The molecule has 228 valence electrons. The molecule has 0 unspecified atom stereocenters. The van der Waals surface area contributed by atoms with E-state index in [1.54, 1.807) is 18.3 Å². The van der Waals surface area contributed by atoms with E-state index in [-0.39, 0.29) is 29.9 Å². The maximum absolute atomic E-state index is 13.8. The number of aromatic nitrogens is 2. The van der Waals surface area contributed by atoms with Gasteiger partial charge in [-0.2, -0.15) is 0 Å². The van der Waals surface area contributed by atoms with Gasteiger partial charge in [-0.25, -0.2) is 9.78 Å². The van der Waals surface area contributed by atoms with Gasteiger partial charge >= 0.3 is 5.97 Å². The van der Waals surface area contributed by atoms with Crippen molar-refractivity contribution in [2.45, 2.75) is 44.1 Å². The van der Waals surface area contributed by atoms with Gasteiger partial charge in [0.1, 0.15) is 17.0 Å². The first-order valence-electron chi connectivity index (χ1n) is 14.8. The molecule has 0 spiro atoms. The molecule has 4 fully saturated rings. The fourth-order valence-electron chi connectivity index (χ4n) is 7.64. The van der Waals surface area contributed by atoms with Gasteiger partial charge < -0.3 is 20.1 Å². The zero-order chi connectivity index (χ0) is 29.4. The highest BCUT2D eigenvalue weighted by Gasteiger charge is 2.62. The molecule has 10 heteroatoms. The van der Waals surface area contributed by atoms with Gasteiger partial charge in [-0.15, -0.1) is 12.4 Å². The van der Waals surface area contributed by atoms with Crippen LogP contribution >= 0.6 is 24.0 Å². The summed E-state index contributed by atoms with van der Waals surface area (Å²) >= 11 is 6.49. The van der Waals surface area contributed by atoms with Crippen LogP contribution in [-0.4, -0.2) is 64.6 Å². The smallest absolute Gasteiger partial charge is 0.330 e. The lowest BCUT2D eigenvalue weighted by Crippen LogP contribution is -2.70. The van der Waals surface area contributed by atoms with E-state index in [0.717, 1.165) is 49.8 Å². The number of nitrogens with zero attached hydrogens (tertiary/aromatic N) is 3. The molecule has 2 heterocycles. The topological polar surface area (TPSA) is 105 Å². The Hall–Kier alpha value is -3.20. The molecule has 2 N–H and O–H groups in total. The Labute approximate surface area is 263 Å². The monoisotopic (exact) mass is 624 g/mol. The summed E-state index contributed by atoms with van der Waals surface area (Å²) in [6, 6.07) is 14.6. The van der Waals surface area contributed by atoms with Crippen LogP contribution in [0.2, 0.25) is 5.02 Å². The van der Waals surface area contributed by atoms with Crippen molar-refractivity contribution in [1.29, 1.82) is 0 Å². The van der Waals surface area contributed by atoms with Gasteiger partial charge in [0.2, 0.25) is 0 Å². The lowest BCUT2D eigenvalue weighted by atomic mass is 9.48. The average molecular weight is 626 g/mol. The minimum Gasteiger partial charge on any atom is -0.492 e. The number of rotatable bonds is 10. The molecule has 43 heavy (non-hydrogen) atoms. The van der Waals surface area contributed by atoms with E-state index in [1.165, 1.54) is 6.42 Å². The van der Waals surface area contributed by atoms with Crippen molar-refractivity contribution in [3.05, 3.63) is 65.4 Å². The van der Waals surface area contributed by atoms with Crippen molar-refractivity contribution < 1.29 is 19.4 Å². The fraction of sp³-hybridized carbons (Fsp3) is 0.455. The van der Waals surface area contributed by atoms with E-state index in [2.05, 4.69) is 15.2 Å². The zero-order valence-corrected chi connectivity index (χ0v) is 26.0. The Balaban J connectivity index is 0.00000368. The fourth-order valence-corrected chi connectivity index (χ4v) is 7.82. The molecule has 0 saturated heterocycles. The Kier molecular flexibility index (Phi) is 9.30. The SMILES string of the molecule is CN(C)CCCOc1cc(-c2nc(C(=O)NC3(C(=O)O)C4CC5CC(C4)CC3C5)ccc2-c2ccccn2)ccc1Cl.Cl. The molecule has 0 aliphatic heterocycles. The number of halogens is 2. The van der Waals surface area contributed by atoms with Gasteiger partial charge in [0.05, 0.1) is 23.0 Å². The summed E-state index contributed by atoms with van der Waals surface area (Å²) in [4.78, 5) is 38.1. The highest BCUT2D eigenvalue weighted by Crippen LogP contribution is 2.58. The van der Waals surface area contributed by atoms with Crippen LogP contribution in [0, 0.1) is 23.7 Å². The third-order valence-corrected chi connectivity index (χ3v) is 9.69. The Morgan fingerprint density at radius 1 is 1.05 bits per heavy atom. The van der Waals surface area contributed by atoms with Gasteiger partial charge in [0.15, 0.2) is 0 Å². The van der Waals surface area contributed by atoms with Crippen LogP contribution in [0.1, 0.15) is 49.0 Å². The summed E-state index contributed by atoms with van der Waals surface area (Å²) in [6.45, 7) is 1.40. The largest absolute Gasteiger partial charge is 0.492 e. The van der Waals surface area contributed by atoms with Crippen molar-refractivity contribution in [3.63, 3.8) is 0 Å². The molecule has 3 aromatic rings. The van der Waals surface area contributed by atoms with Gasteiger partial charge in [-0.3, -0.25) is 9.78 Å². The lowest BCUT2D eigenvalue weighted by Gasteiger charge is -2.59. The molecule has 4 aliphatic rings. The van der Waals surface area contributed by atoms with Gasteiger partial charge in [0.25, 0.3) is 5.91 Å². The summed E-state index contributed by atoms with van der Waals surface area (Å²) in [5, 5.41) is 14.0. The number of benzene rings is 1. The minimum absolute atomic E-state index is 0. The molecule has 4 bridgehead atoms. The number of ether oxygens (including phenoxy) is 1. The van der Waals surface area contributed by atoms with Crippen LogP contribution in [0.5, 0.6) is 5.75 Å². The highest BCUT2D eigenvalue weighted by atomic mass is 35.5. The van der Waals surface area contributed by atoms with E-state index >= 15 is 0 Å². The third kappa shape index (κ3) is 6.10. The second kappa shape index (κ2) is 12.8. The first kappa shape index (κ1) is 31.2. The third-order valence-electron chi connectivity index (χ3n) is 9.38. The normalized spacial score (nSPS) is 25.3. The molecule has 4 saturated carbocycles. The van der Waals surface area contributed by atoms with Crippen LogP contribution in [0.15, 0.2) is 54.7 Å². The minimum atomic E-state index is -1.25. The molecule has 0 atom stereocenters. The second-order valence-electron chi connectivity index (χ2n) is 12.4. The maximum atomic E-state index is 13.8. The molecule has 1 amide bonds. The Morgan fingerprint density at radius 2 is 1.77 bits per heavy atom. The molecular formula is C33H38Cl2N4O4. The molecule has 2 aromatic heterocycles. The van der Waals surface area contributed by atoms with E-state index in [9.17, 15) is 14.7 Å². The Morgan fingerprint density at radius 3 is 2.40 bits per heavy atom. The van der Waals surface area contributed by atoms with Gasteiger partial charge in [-0.1, -0.05) is 23.7 Å². The van der Waals surface area contributed by atoms with Crippen molar-refractivity contribution in [2.24, 2.45) is 23.7 Å².